The molecule has 9 heteroatoms. The van der Waals surface area contributed by atoms with Gasteiger partial charge < -0.3 is 14.8 Å². The van der Waals surface area contributed by atoms with Crippen molar-refractivity contribution in [2.75, 3.05) is 19.0 Å². The smallest absolute Gasteiger partial charge is 0.359 e. The summed E-state index contributed by atoms with van der Waals surface area (Å²) in [5.41, 5.74) is -0.00954. The number of esters is 1. The SMILES string of the molecule is CCCC(=O)Nc1scc2c(C(=O)OCC)nn(-c3cccc(OC)c3)c(=O)c12. The molecule has 0 saturated heterocycles. The van der Waals surface area contributed by atoms with Crippen LogP contribution in [0.4, 0.5) is 5.00 Å². The summed E-state index contributed by atoms with van der Waals surface area (Å²) in [5, 5.41) is 9.62. The Kier molecular flexibility index (Phi) is 6.28. The van der Waals surface area contributed by atoms with Crippen molar-refractivity contribution in [3.8, 4) is 11.4 Å². The quantitative estimate of drug-likeness (QED) is 0.594. The summed E-state index contributed by atoms with van der Waals surface area (Å²) >= 11 is 1.17. The van der Waals surface area contributed by atoms with Crippen molar-refractivity contribution in [3.05, 3.63) is 45.7 Å². The Labute approximate surface area is 171 Å². The Morgan fingerprint density at radius 1 is 1.28 bits per heavy atom. The molecule has 2 heterocycles. The van der Waals surface area contributed by atoms with Crippen LogP contribution in [0.25, 0.3) is 16.5 Å². The Morgan fingerprint density at radius 2 is 2.07 bits per heavy atom. The van der Waals surface area contributed by atoms with E-state index in [1.807, 2.05) is 6.92 Å². The van der Waals surface area contributed by atoms with Crippen molar-refractivity contribution in [2.24, 2.45) is 0 Å². The number of nitrogens with zero attached hydrogens (tertiary/aromatic N) is 2. The lowest BCUT2D eigenvalue weighted by Crippen LogP contribution is -2.25. The van der Waals surface area contributed by atoms with E-state index in [9.17, 15) is 14.4 Å². The molecule has 0 fully saturated rings. The minimum absolute atomic E-state index is 0.0107. The monoisotopic (exact) mass is 415 g/mol. The van der Waals surface area contributed by atoms with Gasteiger partial charge in [0.05, 0.1) is 24.8 Å². The van der Waals surface area contributed by atoms with Gasteiger partial charge in [0, 0.05) is 23.3 Å². The minimum atomic E-state index is -0.640. The largest absolute Gasteiger partial charge is 0.497 e. The van der Waals surface area contributed by atoms with Gasteiger partial charge in [-0.1, -0.05) is 13.0 Å². The fourth-order valence-corrected chi connectivity index (χ4v) is 3.78. The third kappa shape index (κ3) is 4.14. The number of carbonyl (C=O) groups is 2. The third-order valence-electron chi connectivity index (χ3n) is 4.15. The fourth-order valence-electron chi connectivity index (χ4n) is 2.83. The molecule has 152 valence electrons. The first kappa shape index (κ1) is 20.5. The van der Waals surface area contributed by atoms with Crippen LogP contribution < -0.4 is 15.6 Å². The average molecular weight is 415 g/mol. The first-order valence-corrected chi connectivity index (χ1v) is 10.0. The van der Waals surface area contributed by atoms with Crippen molar-refractivity contribution < 1.29 is 19.1 Å². The van der Waals surface area contributed by atoms with Gasteiger partial charge in [0.15, 0.2) is 5.69 Å². The molecule has 0 unspecified atom stereocenters. The zero-order valence-electron chi connectivity index (χ0n) is 16.4. The second-order valence-electron chi connectivity index (χ2n) is 6.14. The first-order chi connectivity index (χ1) is 14.0. The number of fused-ring (bicyclic) bond motifs is 1. The van der Waals surface area contributed by atoms with Gasteiger partial charge >= 0.3 is 5.97 Å². The number of anilines is 1. The summed E-state index contributed by atoms with van der Waals surface area (Å²) in [6, 6.07) is 6.77. The molecular weight excluding hydrogens is 394 g/mol. The molecule has 0 aliphatic carbocycles. The lowest BCUT2D eigenvalue weighted by Gasteiger charge is -2.10. The van der Waals surface area contributed by atoms with E-state index >= 15 is 0 Å². The normalized spacial score (nSPS) is 10.7. The van der Waals surface area contributed by atoms with E-state index in [1.54, 1.807) is 36.6 Å². The number of amides is 1. The molecule has 1 amide bonds. The third-order valence-corrected chi connectivity index (χ3v) is 5.04. The first-order valence-electron chi connectivity index (χ1n) is 9.16. The summed E-state index contributed by atoms with van der Waals surface area (Å²) in [7, 11) is 1.52. The number of hydrogen-bond donors (Lipinski definition) is 1. The fraction of sp³-hybridized carbons (Fsp3) is 0.300. The molecule has 0 bridgehead atoms. The number of ether oxygens (including phenoxy) is 2. The van der Waals surface area contributed by atoms with Gasteiger partial charge in [-0.25, -0.2) is 4.79 Å². The van der Waals surface area contributed by atoms with Gasteiger partial charge in [-0.05, 0) is 25.5 Å². The van der Waals surface area contributed by atoms with Crippen LogP contribution in [0.5, 0.6) is 5.75 Å². The molecular formula is C20H21N3O5S. The molecule has 2 aromatic heterocycles. The summed E-state index contributed by atoms with van der Waals surface area (Å²) in [6.07, 6.45) is 1.01. The second kappa shape index (κ2) is 8.87. The molecule has 3 aromatic rings. The highest BCUT2D eigenvalue weighted by Gasteiger charge is 2.23. The predicted molar refractivity (Wildman–Crippen MR) is 111 cm³/mol. The highest BCUT2D eigenvalue weighted by atomic mass is 32.1. The summed E-state index contributed by atoms with van der Waals surface area (Å²) < 4.78 is 11.5. The molecule has 1 N–H and O–H groups in total. The molecule has 3 rings (SSSR count). The van der Waals surface area contributed by atoms with Crippen LogP contribution in [0.15, 0.2) is 34.4 Å². The lowest BCUT2D eigenvalue weighted by atomic mass is 10.2. The van der Waals surface area contributed by atoms with Crippen LogP contribution >= 0.6 is 11.3 Å². The molecule has 0 aliphatic rings. The summed E-state index contributed by atoms with van der Waals surface area (Å²) in [6.45, 7) is 3.76. The lowest BCUT2D eigenvalue weighted by molar-refractivity contribution is -0.116. The Hall–Kier alpha value is -3.20. The Balaban J connectivity index is 2.25. The van der Waals surface area contributed by atoms with Crippen LogP contribution in [-0.4, -0.2) is 35.4 Å². The van der Waals surface area contributed by atoms with E-state index < -0.39 is 11.5 Å². The standard InChI is InChI=1S/C20H21N3O5S/c1-4-7-15(24)21-18-16-14(11-29-18)17(20(26)28-5-2)22-23(19(16)25)12-8-6-9-13(10-12)27-3/h6,8-11H,4-5,7H2,1-3H3,(H,21,24). The van der Waals surface area contributed by atoms with E-state index in [1.165, 1.54) is 18.4 Å². The molecule has 0 atom stereocenters. The highest BCUT2D eigenvalue weighted by Crippen LogP contribution is 2.31. The van der Waals surface area contributed by atoms with Crippen LogP contribution in [0, 0.1) is 0 Å². The molecule has 0 spiro atoms. The van der Waals surface area contributed by atoms with E-state index in [4.69, 9.17) is 9.47 Å². The molecule has 0 saturated carbocycles. The van der Waals surface area contributed by atoms with Gasteiger partial charge in [-0.3, -0.25) is 9.59 Å². The van der Waals surface area contributed by atoms with Crippen LogP contribution in [0.1, 0.15) is 37.2 Å². The molecule has 0 aliphatic heterocycles. The molecule has 0 radical (unpaired) electrons. The van der Waals surface area contributed by atoms with Crippen molar-refractivity contribution >= 4 is 39.0 Å². The van der Waals surface area contributed by atoms with Crippen molar-refractivity contribution in [1.82, 2.24) is 9.78 Å². The van der Waals surface area contributed by atoms with Crippen LogP contribution in [0.2, 0.25) is 0 Å². The number of carbonyl (C=O) groups excluding carboxylic acids is 2. The van der Waals surface area contributed by atoms with E-state index in [2.05, 4.69) is 10.4 Å². The minimum Gasteiger partial charge on any atom is -0.497 e. The van der Waals surface area contributed by atoms with E-state index in [0.29, 0.717) is 34.7 Å². The summed E-state index contributed by atoms with van der Waals surface area (Å²) in [5.74, 6) is -0.299. The van der Waals surface area contributed by atoms with Crippen molar-refractivity contribution in [2.45, 2.75) is 26.7 Å². The van der Waals surface area contributed by atoms with Crippen LogP contribution in [-0.2, 0) is 9.53 Å². The van der Waals surface area contributed by atoms with Gasteiger partial charge in [0.25, 0.3) is 5.56 Å². The number of nitrogens with one attached hydrogen (secondary N) is 1. The number of aromatic nitrogens is 2. The van der Waals surface area contributed by atoms with Gasteiger partial charge in [0.2, 0.25) is 5.91 Å². The maximum absolute atomic E-state index is 13.2. The molecule has 1 aromatic carbocycles. The van der Waals surface area contributed by atoms with Crippen LogP contribution in [0.3, 0.4) is 0 Å². The maximum atomic E-state index is 13.2. The average Bonchev–Trinajstić information content (AvgIpc) is 3.12. The second-order valence-corrected chi connectivity index (χ2v) is 7.02. The number of hydrogen-bond acceptors (Lipinski definition) is 7. The zero-order valence-corrected chi connectivity index (χ0v) is 17.2. The van der Waals surface area contributed by atoms with Gasteiger partial charge in [-0.15, -0.1) is 11.3 Å². The Bertz CT molecular complexity index is 1120. The van der Waals surface area contributed by atoms with Crippen molar-refractivity contribution in [1.29, 1.82) is 0 Å². The number of thiophene rings is 1. The van der Waals surface area contributed by atoms with Gasteiger partial charge in [-0.2, -0.15) is 9.78 Å². The van der Waals surface area contributed by atoms with E-state index in [-0.39, 0.29) is 23.6 Å². The topological polar surface area (TPSA) is 99.5 Å². The zero-order chi connectivity index (χ0) is 21.0. The van der Waals surface area contributed by atoms with E-state index in [0.717, 1.165) is 4.68 Å². The van der Waals surface area contributed by atoms with Crippen molar-refractivity contribution in [3.63, 3.8) is 0 Å². The van der Waals surface area contributed by atoms with Gasteiger partial charge in [0.1, 0.15) is 10.8 Å². The highest BCUT2D eigenvalue weighted by molar-refractivity contribution is 7.16. The molecule has 8 nitrogen and oxygen atoms in total. The number of methoxy groups -OCH3 is 1. The summed E-state index contributed by atoms with van der Waals surface area (Å²) in [4.78, 5) is 37.8. The Morgan fingerprint density at radius 3 is 2.76 bits per heavy atom. The molecule has 29 heavy (non-hydrogen) atoms. The maximum Gasteiger partial charge on any atom is 0.359 e. The predicted octanol–water partition coefficient (Wildman–Crippen LogP) is 3.37. The number of rotatable bonds is 7. The number of benzene rings is 1.